The first-order valence-electron chi connectivity index (χ1n) is 4.72. The van der Waals surface area contributed by atoms with E-state index in [2.05, 4.69) is 25.6 Å². The van der Waals surface area contributed by atoms with E-state index in [1.807, 2.05) is 14.0 Å². The van der Waals surface area contributed by atoms with Gasteiger partial charge in [-0.05, 0) is 6.92 Å². The maximum atomic E-state index is 4.39. The fraction of sp³-hybridized carbons (Fsp3) is 0.333. The zero-order valence-corrected chi connectivity index (χ0v) is 8.68. The summed E-state index contributed by atoms with van der Waals surface area (Å²) in [5, 5.41) is 10.8. The minimum atomic E-state index is 0.760. The van der Waals surface area contributed by atoms with Gasteiger partial charge in [0.15, 0.2) is 0 Å². The van der Waals surface area contributed by atoms with E-state index in [-0.39, 0.29) is 0 Å². The van der Waals surface area contributed by atoms with Gasteiger partial charge in [0.25, 0.3) is 0 Å². The largest absolute Gasteiger partial charge is 0.369 e. The number of hydrogen-bond acceptors (Lipinski definition) is 5. The van der Waals surface area contributed by atoms with Gasteiger partial charge >= 0.3 is 0 Å². The summed E-state index contributed by atoms with van der Waals surface area (Å²) < 4.78 is 1.67. The monoisotopic (exact) mass is 204 g/mol. The summed E-state index contributed by atoms with van der Waals surface area (Å²) in [6.07, 6.45) is 5.05. The Hall–Kier alpha value is -1.98. The summed E-state index contributed by atoms with van der Waals surface area (Å²) in [6.45, 7) is 2.84. The van der Waals surface area contributed by atoms with Crippen molar-refractivity contribution in [1.82, 2.24) is 25.0 Å². The van der Waals surface area contributed by atoms with Crippen LogP contribution in [-0.4, -0.2) is 31.5 Å². The molecule has 2 aromatic heterocycles. The molecule has 2 aromatic rings. The van der Waals surface area contributed by atoms with Crippen molar-refractivity contribution in [2.24, 2.45) is 7.05 Å². The van der Waals surface area contributed by atoms with Gasteiger partial charge in [-0.1, -0.05) is 5.21 Å². The second-order valence-electron chi connectivity index (χ2n) is 3.06. The summed E-state index contributed by atoms with van der Waals surface area (Å²) in [5.41, 5.74) is 1.61. The van der Waals surface area contributed by atoms with Gasteiger partial charge in [-0.25, -0.2) is 9.67 Å². The zero-order valence-electron chi connectivity index (χ0n) is 8.68. The van der Waals surface area contributed by atoms with Crippen LogP contribution in [0.25, 0.3) is 11.4 Å². The van der Waals surface area contributed by atoms with Gasteiger partial charge < -0.3 is 5.32 Å². The predicted octanol–water partition coefficient (Wildman–Crippen LogP) is 0.704. The Morgan fingerprint density at radius 2 is 2.20 bits per heavy atom. The van der Waals surface area contributed by atoms with Crippen molar-refractivity contribution in [2.45, 2.75) is 6.92 Å². The van der Waals surface area contributed by atoms with Crippen LogP contribution < -0.4 is 5.32 Å². The lowest BCUT2D eigenvalue weighted by Crippen LogP contribution is -2.02. The Morgan fingerprint density at radius 1 is 1.33 bits per heavy atom. The Morgan fingerprint density at radius 3 is 2.87 bits per heavy atom. The molecular weight excluding hydrogens is 192 g/mol. The van der Waals surface area contributed by atoms with E-state index in [1.54, 1.807) is 23.3 Å². The van der Waals surface area contributed by atoms with Crippen molar-refractivity contribution in [3.63, 3.8) is 0 Å². The third-order valence-electron chi connectivity index (χ3n) is 1.97. The van der Waals surface area contributed by atoms with Gasteiger partial charge in [-0.2, -0.15) is 0 Å². The quantitative estimate of drug-likeness (QED) is 0.797. The van der Waals surface area contributed by atoms with Crippen LogP contribution in [0.5, 0.6) is 0 Å². The minimum absolute atomic E-state index is 0.760. The van der Waals surface area contributed by atoms with Gasteiger partial charge in [0, 0.05) is 13.6 Å². The lowest BCUT2D eigenvalue weighted by atomic mass is 10.3. The molecule has 6 heteroatoms. The predicted molar refractivity (Wildman–Crippen MR) is 56.2 cm³/mol. The number of rotatable bonds is 3. The molecule has 0 radical (unpaired) electrons. The number of anilines is 1. The van der Waals surface area contributed by atoms with E-state index in [9.17, 15) is 0 Å². The Bertz CT molecular complexity index is 449. The lowest BCUT2D eigenvalue weighted by molar-refractivity contribution is 0.719. The molecule has 78 valence electrons. The van der Waals surface area contributed by atoms with Gasteiger partial charge in [0.05, 0.1) is 18.6 Å². The Kier molecular flexibility index (Phi) is 2.57. The molecule has 0 aliphatic rings. The number of nitrogens with one attached hydrogen (secondary N) is 1. The van der Waals surface area contributed by atoms with Crippen molar-refractivity contribution in [2.75, 3.05) is 11.9 Å². The van der Waals surface area contributed by atoms with Crippen LogP contribution in [0.3, 0.4) is 0 Å². The molecule has 6 nitrogen and oxygen atoms in total. The summed E-state index contributed by atoms with van der Waals surface area (Å²) >= 11 is 0. The van der Waals surface area contributed by atoms with Crippen molar-refractivity contribution in [1.29, 1.82) is 0 Å². The molecule has 15 heavy (non-hydrogen) atoms. The molecule has 1 N–H and O–H groups in total. The first-order chi connectivity index (χ1) is 7.31. The summed E-state index contributed by atoms with van der Waals surface area (Å²) in [6, 6.07) is 0. The minimum Gasteiger partial charge on any atom is -0.369 e. The highest BCUT2D eigenvalue weighted by molar-refractivity contribution is 5.54. The van der Waals surface area contributed by atoms with Gasteiger partial charge in [0.1, 0.15) is 17.2 Å². The fourth-order valence-electron chi connectivity index (χ4n) is 1.28. The van der Waals surface area contributed by atoms with E-state index in [0.29, 0.717) is 0 Å². The highest BCUT2D eigenvalue weighted by Crippen LogP contribution is 2.14. The highest BCUT2D eigenvalue weighted by Gasteiger charge is 2.05. The van der Waals surface area contributed by atoms with Crippen LogP contribution in [0.2, 0.25) is 0 Å². The molecule has 0 atom stereocenters. The molecule has 2 heterocycles. The molecule has 0 aliphatic heterocycles. The van der Waals surface area contributed by atoms with E-state index < -0.39 is 0 Å². The number of aromatic nitrogens is 5. The average Bonchev–Trinajstić information content (AvgIpc) is 2.65. The third-order valence-corrected chi connectivity index (χ3v) is 1.97. The maximum absolute atomic E-state index is 4.39. The number of hydrogen-bond donors (Lipinski definition) is 1. The van der Waals surface area contributed by atoms with Crippen LogP contribution in [-0.2, 0) is 7.05 Å². The second kappa shape index (κ2) is 4.04. The average molecular weight is 204 g/mol. The van der Waals surface area contributed by atoms with Gasteiger partial charge in [0.2, 0.25) is 0 Å². The van der Waals surface area contributed by atoms with E-state index in [4.69, 9.17) is 0 Å². The molecule has 0 unspecified atom stereocenters. The van der Waals surface area contributed by atoms with Crippen molar-refractivity contribution in [3.8, 4) is 11.4 Å². The lowest BCUT2D eigenvalue weighted by Gasteiger charge is -2.03. The van der Waals surface area contributed by atoms with Crippen LogP contribution in [0.1, 0.15) is 6.92 Å². The zero-order chi connectivity index (χ0) is 10.7. The van der Waals surface area contributed by atoms with Crippen molar-refractivity contribution in [3.05, 3.63) is 18.6 Å². The fourth-order valence-corrected chi connectivity index (χ4v) is 1.28. The first kappa shape index (κ1) is 9.57. The summed E-state index contributed by atoms with van der Waals surface area (Å²) in [7, 11) is 1.82. The third kappa shape index (κ3) is 1.93. The van der Waals surface area contributed by atoms with Crippen molar-refractivity contribution < 1.29 is 0 Å². The molecule has 0 saturated heterocycles. The number of nitrogens with zero attached hydrogens (tertiary/aromatic N) is 5. The Balaban J connectivity index is 2.37. The summed E-state index contributed by atoms with van der Waals surface area (Å²) in [4.78, 5) is 8.50. The molecule has 0 aliphatic carbocycles. The van der Waals surface area contributed by atoms with Crippen LogP contribution >= 0.6 is 0 Å². The molecule has 0 aromatic carbocycles. The van der Waals surface area contributed by atoms with Crippen molar-refractivity contribution >= 4 is 5.82 Å². The van der Waals surface area contributed by atoms with E-state index in [1.165, 1.54) is 0 Å². The molecule has 0 fully saturated rings. The topological polar surface area (TPSA) is 68.5 Å². The molecule has 0 amide bonds. The smallest absolute Gasteiger partial charge is 0.145 e. The molecule has 2 rings (SSSR count). The SMILES string of the molecule is CCNc1cncc(-c2cnnn2C)n1. The molecule has 0 spiro atoms. The van der Waals surface area contributed by atoms with E-state index >= 15 is 0 Å². The second-order valence-corrected chi connectivity index (χ2v) is 3.06. The maximum Gasteiger partial charge on any atom is 0.145 e. The van der Waals surface area contributed by atoms with Crippen LogP contribution in [0.4, 0.5) is 5.82 Å². The Labute approximate surface area is 87.4 Å². The van der Waals surface area contributed by atoms with Gasteiger partial charge in [-0.15, -0.1) is 5.10 Å². The van der Waals surface area contributed by atoms with E-state index in [0.717, 1.165) is 23.8 Å². The normalized spacial score (nSPS) is 10.3. The summed E-state index contributed by atoms with van der Waals surface area (Å²) in [5.74, 6) is 0.760. The van der Waals surface area contributed by atoms with Gasteiger partial charge in [-0.3, -0.25) is 4.98 Å². The molecule has 0 saturated carbocycles. The van der Waals surface area contributed by atoms with Crippen LogP contribution in [0, 0.1) is 0 Å². The molecule has 0 bridgehead atoms. The van der Waals surface area contributed by atoms with Crippen LogP contribution in [0.15, 0.2) is 18.6 Å². The first-order valence-corrected chi connectivity index (χ1v) is 4.72. The number of aryl methyl sites for hydroxylation is 1. The highest BCUT2D eigenvalue weighted by atomic mass is 15.4. The molecular formula is C9H12N6. The standard InChI is InChI=1S/C9H12N6/c1-3-11-9-6-10-4-7(13-9)8-5-12-14-15(8)2/h4-6H,3H2,1-2H3,(H,11,13).